The minimum atomic E-state index is 0.169. The largest absolute Gasteiger partial charge is 0.298 e. The Labute approximate surface area is 92.6 Å². The summed E-state index contributed by atoms with van der Waals surface area (Å²) in [7, 11) is 0. The minimum Gasteiger partial charge on any atom is -0.298 e. The van der Waals surface area contributed by atoms with Crippen LogP contribution in [0.25, 0.3) is 0 Å². The molecule has 0 saturated heterocycles. The maximum Gasteiger partial charge on any atom is 0.145 e. The van der Waals surface area contributed by atoms with Gasteiger partial charge in [-0.05, 0) is 38.5 Å². The van der Waals surface area contributed by atoms with Crippen LogP contribution in [0.2, 0.25) is 0 Å². The molecule has 0 amide bonds. The molecule has 0 unspecified atom stereocenters. The number of hydrogen-bond acceptors (Lipinski definition) is 1. The lowest BCUT2D eigenvalue weighted by Crippen LogP contribution is -2.44. The van der Waals surface area contributed by atoms with Crippen LogP contribution in [-0.2, 0) is 4.79 Å². The quantitative estimate of drug-likeness (QED) is 0.588. The van der Waals surface area contributed by atoms with Crippen LogP contribution in [0.5, 0.6) is 0 Å². The Morgan fingerprint density at radius 1 is 0.600 bits per heavy atom. The summed E-state index contributed by atoms with van der Waals surface area (Å²) in [5.74, 6) is 0.705. The highest BCUT2D eigenvalue weighted by molar-refractivity contribution is 5.91. The molecule has 0 aromatic heterocycles. The normalized spacial score (nSPS) is 32.9. The molecule has 1 nitrogen and oxygen atoms in total. The van der Waals surface area contributed by atoms with E-state index in [0.717, 1.165) is 0 Å². The maximum absolute atomic E-state index is 12.8. The summed E-state index contributed by atoms with van der Waals surface area (Å²) in [4.78, 5) is 12.8. The van der Waals surface area contributed by atoms with E-state index in [9.17, 15) is 4.79 Å². The summed E-state index contributed by atoms with van der Waals surface area (Å²) < 4.78 is 0. The van der Waals surface area contributed by atoms with Crippen molar-refractivity contribution in [1.82, 2.24) is 0 Å². The van der Waals surface area contributed by atoms with Crippen molar-refractivity contribution in [2.75, 3.05) is 0 Å². The number of ketones is 1. The van der Waals surface area contributed by atoms with Gasteiger partial charge in [0, 0.05) is 10.8 Å². The first-order chi connectivity index (χ1) is 7.28. The average Bonchev–Trinajstić information content (AvgIpc) is 2.86. The highest BCUT2D eigenvalue weighted by atomic mass is 16.1. The first kappa shape index (κ1) is 9.86. The van der Waals surface area contributed by atoms with Gasteiger partial charge in [-0.25, -0.2) is 0 Å². The molecule has 0 aliphatic heterocycles. The van der Waals surface area contributed by atoms with Crippen LogP contribution in [-0.4, -0.2) is 5.78 Å². The number of carbonyl (C=O) groups is 1. The van der Waals surface area contributed by atoms with Gasteiger partial charge in [-0.2, -0.15) is 0 Å². The van der Waals surface area contributed by atoms with Crippen LogP contribution in [0.3, 0.4) is 0 Å². The van der Waals surface area contributed by atoms with Crippen molar-refractivity contribution in [3.05, 3.63) is 0 Å². The molecule has 3 fully saturated rings. The molecule has 0 aromatic carbocycles. The van der Waals surface area contributed by atoms with Crippen molar-refractivity contribution in [1.29, 1.82) is 0 Å². The van der Waals surface area contributed by atoms with Gasteiger partial charge in [0.25, 0.3) is 0 Å². The third kappa shape index (κ3) is 1.31. The molecule has 84 valence electrons. The molecule has 2 spiro atoms. The van der Waals surface area contributed by atoms with E-state index in [1.54, 1.807) is 0 Å². The molecular formula is C14H22O. The van der Waals surface area contributed by atoms with Crippen molar-refractivity contribution in [2.45, 2.75) is 70.6 Å². The van der Waals surface area contributed by atoms with Gasteiger partial charge in [-0.15, -0.1) is 0 Å². The van der Waals surface area contributed by atoms with E-state index in [2.05, 4.69) is 0 Å². The van der Waals surface area contributed by atoms with Gasteiger partial charge in [-0.1, -0.05) is 32.1 Å². The molecule has 0 radical (unpaired) electrons. The predicted octanol–water partition coefficient (Wildman–Crippen LogP) is 3.86. The Morgan fingerprint density at radius 2 is 0.933 bits per heavy atom. The third-order valence-corrected chi connectivity index (χ3v) is 5.40. The van der Waals surface area contributed by atoms with Crippen molar-refractivity contribution in [2.24, 2.45) is 10.8 Å². The molecular weight excluding hydrogens is 184 g/mol. The fraction of sp³-hybridized carbons (Fsp3) is 0.929. The molecule has 0 heterocycles. The van der Waals surface area contributed by atoms with Gasteiger partial charge < -0.3 is 0 Å². The molecule has 0 atom stereocenters. The van der Waals surface area contributed by atoms with E-state index < -0.39 is 0 Å². The Kier molecular flexibility index (Phi) is 2.19. The van der Waals surface area contributed by atoms with Crippen molar-refractivity contribution in [3.8, 4) is 0 Å². The van der Waals surface area contributed by atoms with E-state index in [1.165, 1.54) is 70.6 Å². The Bertz CT molecular complexity index is 241. The standard InChI is InChI=1S/C14H22O/c15-12-13(6-1-2-7-13)10-5-11-14(12)8-3-4-9-14/h1-11H2. The Morgan fingerprint density at radius 3 is 1.33 bits per heavy atom. The molecule has 15 heavy (non-hydrogen) atoms. The van der Waals surface area contributed by atoms with Gasteiger partial charge >= 0.3 is 0 Å². The lowest BCUT2D eigenvalue weighted by atomic mass is 9.59. The average molecular weight is 206 g/mol. The van der Waals surface area contributed by atoms with Gasteiger partial charge in [0.15, 0.2) is 0 Å². The molecule has 3 saturated carbocycles. The number of Topliss-reactive ketones (excluding diaryl/α,β-unsaturated/α-hetero) is 1. The number of hydrogen-bond donors (Lipinski definition) is 0. The number of carbonyl (C=O) groups excluding carboxylic acids is 1. The summed E-state index contributed by atoms with van der Waals surface area (Å²) in [6, 6.07) is 0. The molecule has 3 aliphatic carbocycles. The van der Waals surface area contributed by atoms with Gasteiger partial charge in [-0.3, -0.25) is 4.79 Å². The summed E-state index contributed by atoms with van der Waals surface area (Å²) in [6.07, 6.45) is 13.8. The predicted molar refractivity (Wildman–Crippen MR) is 60.7 cm³/mol. The summed E-state index contributed by atoms with van der Waals surface area (Å²) in [5.41, 5.74) is 0.338. The summed E-state index contributed by atoms with van der Waals surface area (Å²) in [6.45, 7) is 0. The summed E-state index contributed by atoms with van der Waals surface area (Å²) in [5, 5.41) is 0. The van der Waals surface area contributed by atoms with Gasteiger partial charge in [0.2, 0.25) is 0 Å². The molecule has 0 N–H and O–H groups in total. The second kappa shape index (κ2) is 3.33. The topological polar surface area (TPSA) is 17.1 Å². The van der Waals surface area contributed by atoms with Gasteiger partial charge in [0.1, 0.15) is 5.78 Å². The van der Waals surface area contributed by atoms with Crippen LogP contribution < -0.4 is 0 Å². The number of rotatable bonds is 0. The van der Waals surface area contributed by atoms with Crippen molar-refractivity contribution in [3.63, 3.8) is 0 Å². The fourth-order valence-electron chi connectivity index (χ4n) is 4.61. The summed E-state index contributed by atoms with van der Waals surface area (Å²) >= 11 is 0. The van der Waals surface area contributed by atoms with Crippen LogP contribution in [0.4, 0.5) is 0 Å². The van der Waals surface area contributed by atoms with Crippen molar-refractivity contribution < 1.29 is 4.79 Å². The lowest BCUT2D eigenvalue weighted by molar-refractivity contribution is -0.143. The van der Waals surface area contributed by atoms with E-state index in [1.807, 2.05) is 0 Å². The van der Waals surface area contributed by atoms with Crippen LogP contribution in [0.1, 0.15) is 70.6 Å². The minimum absolute atomic E-state index is 0.169. The second-order valence-electron chi connectivity index (χ2n) is 6.16. The first-order valence-corrected chi connectivity index (χ1v) is 6.83. The first-order valence-electron chi connectivity index (χ1n) is 6.83. The third-order valence-electron chi connectivity index (χ3n) is 5.40. The molecule has 1 heteroatoms. The van der Waals surface area contributed by atoms with Crippen LogP contribution >= 0.6 is 0 Å². The van der Waals surface area contributed by atoms with E-state index in [4.69, 9.17) is 0 Å². The van der Waals surface area contributed by atoms with E-state index in [-0.39, 0.29) is 10.8 Å². The maximum atomic E-state index is 12.8. The SMILES string of the molecule is O=C1C2(CCCC2)CCCC12CCCC2. The lowest BCUT2D eigenvalue weighted by Gasteiger charge is -2.43. The monoisotopic (exact) mass is 206 g/mol. The molecule has 3 aliphatic rings. The zero-order valence-corrected chi connectivity index (χ0v) is 9.69. The second-order valence-corrected chi connectivity index (χ2v) is 6.16. The highest BCUT2D eigenvalue weighted by Crippen LogP contribution is 2.57. The van der Waals surface area contributed by atoms with Crippen LogP contribution in [0, 0.1) is 10.8 Å². The van der Waals surface area contributed by atoms with Gasteiger partial charge in [0.05, 0.1) is 0 Å². The van der Waals surface area contributed by atoms with Crippen LogP contribution in [0.15, 0.2) is 0 Å². The van der Waals surface area contributed by atoms with Crippen molar-refractivity contribution >= 4 is 5.78 Å². The Balaban J connectivity index is 1.90. The Hall–Kier alpha value is -0.330. The van der Waals surface area contributed by atoms with E-state index in [0.29, 0.717) is 5.78 Å². The highest BCUT2D eigenvalue weighted by Gasteiger charge is 2.54. The van der Waals surface area contributed by atoms with E-state index >= 15 is 0 Å². The molecule has 3 rings (SSSR count). The smallest absolute Gasteiger partial charge is 0.145 e. The zero-order chi connectivity index (χ0) is 10.4. The fourth-order valence-corrected chi connectivity index (χ4v) is 4.61. The molecule has 0 aromatic rings. The molecule has 0 bridgehead atoms. The zero-order valence-electron chi connectivity index (χ0n) is 9.69.